The number of nitrogens with one attached hydrogen (secondary N) is 2. The van der Waals surface area contributed by atoms with Crippen LogP contribution in [0, 0.1) is 0 Å². The lowest BCUT2D eigenvalue weighted by atomic mass is 9.92. The Kier molecular flexibility index (Phi) is 7.98. The average Bonchev–Trinajstić information content (AvgIpc) is 2.52. The molecule has 0 bridgehead atoms. The van der Waals surface area contributed by atoms with Crippen LogP contribution in [0.3, 0.4) is 0 Å². The predicted molar refractivity (Wildman–Crippen MR) is 92.2 cm³/mol. The van der Waals surface area contributed by atoms with Crippen molar-refractivity contribution < 1.29 is 13.2 Å². The first-order valence-corrected chi connectivity index (χ1v) is 9.09. The predicted octanol–water partition coefficient (Wildman–Crippen LogP) is 0.730. The summed E-state index contributed by atoms with van der Waals surface area (Å²) in [6.45, 7) is 0.846. The summed E-state index contributed by atoms with van der Waals surface area (Å²) in [5, 5.41) is 2.60. The summed E-state index contributed by atoms with van der Waals surface area (Å²) in [6.07, 6.45) is 4.31. The van der Waals surface area contributed by atoms with Crippen LogP contribution in [-0.4, -0.2) is 34.0 Å². The Hall–Kier alpha value is -1.15. The summed E-state index contributed by atoms with van der Waals surface area (Å²) in [7, 11) is -3.56. The Morgan fingerprint density at radius 3 is 2.52 bits per heavy atom. The van der Waals surface area contributed by atoms with Gasteiger partial charge in [0.25, 0.3) is 0 Å². The van der Waals surface area contributed by atoms with Gasteiger partial charge in [0.05, 0.1) is 4.90 Å². The van der Waals surface area contributed by atoms with E-state index in [1.165, 1.54) is 5.56 Å². The Labute approximate surface area is 143 Å². The number of halogens is 1. The van der Waals surface area contributed by atoms with Crippen molar-refractivity contribution in [3.05, 3.63) is 29.3 Å². The molecule has 1 aliphatic carbocycles. The van der Waals surface area contributed by atoms with Gasteiger partial charge in [-0.25, -0.2) is 13.1 Å². The minimum absolute atomic E-state index is 0. The summed E-state index contributed by atoms with van der Waals surface area (Å²) >= 11 is 0. The van der Waals surface area contributed by atoms with Gasteiger partial charge in [0.2, 0.25) is 15.9 Å². The summed E-state index contributed by atoms with van der Waals surface area (Å²) in [6, 6.07) is 5.29. The fourth-order valence-corrected chi connectivity index (χ4v) is 3.64. The highest BCUT2D eigenvalue weighted by atomic mass is 35.5. The van der Waals surface area contributed by atoms with E-state index in [0.29, 0.717) is 13.1 Å². The van der Waals surface area contributed by atoms with Crippen molar-refractivity contribution in [2.45, 2.75) is 37.0 Å². The second-order valence-electron chi connectivity index (χ2n) is 5.42. The van der Waals surface area contributed by atoms with Gasteiger partial charge in [0, 0.05) is 26.1 Å². The third-order valence-corrected chi connectivity index (χ3v) is 5.20. The van der Waals surface area contributed by atoms with Gasteiger partial charge < -0.3 is 11.1 Å². The molecule has 1 amide bonds. The van der Waals surface area contributed by atoms with Gasteiger partial charge in [-0.3, -0.25) is 4.79 Å². The first-order chi connectivity index (χ1) is 10.5. The molecule has 0 unspecified atom stereocenters. The van der Waals surface area contributed by atoms with Crippen LogP contribution in [0.5, 0.6) is 0 Å². The molecule has 0 aliphatic heterocycles. The molecule has 4 N–H and O–H groups in total. The molecule has 8 heteroatoms. The zero-order valence-corrected chi connectivity index (χ0v) is 14.6. The highest BCUT2D eigenvalue weighted by molar-refractivity contribution is 7.89. The molecule has 130 valence electrons. The number of fused-ring (bicyclic) bond motifs is 1. The molecule has 2 rings (SSSR count). The maximum absolute atomic E-state index is 12.3. The van der Waals surface area contributed by atoms with E-state index in [1.54, 1.807) is 12.1 Å². The fraction of sp³-hybridized carbons (Fsp3) is 0.533. The smallest absolute Gasteiger partial charge is 0.240 e. The van der Waals surface area contributed by atoms with Gasteiger partial charge >= 0.3 is 0 Å². The maximum Gasteiger partial charge on any atom is 0.240 e. The molecule has 0 fully saturated rings. The Morgan fingerprint density at radius 1 is 1.13 bits per heavy atom. The Balaban J connectivity index is 0.00000264. The number of carbonyl (C=O) groups is 1. The highest BCUT2D eigenvalue weighted by Gasteiger charge is 2.17. The van der Waals surface area contributed by atoms with E-state index >= 15 is 0 Å². The highest BCUT2D eigenvalue weighted by Crippen LogP contribution is 2.23. The Bertz CT molecular complexity index is 635. The number of nitrogens with two attached hydrogens (primary N) is 1. The zero-order chi connectivity index (χ0) is 16.0. The van der Waals surface area contributed by atoms with E-state index in [2.05, 4.69) is 10.0 Å². The topological polar surface area (TPSA) is 101 Å². The van der Waals surface area contributed by atoms with Gasteiger partial charge in [-0.05, 0) is 48.9 Å². The molecular weight excluding hydrogens is 338 g/mol. The first kappa shape index (κ1) is 19.9. The molecule has 1 aliphatic rings. The van der Waals surface area contributed by atoms with E-state index in [0.717, 1.165) is 31.2 Å². The van der Waals surface area contributed by atoms with Crippen molar-refractivity contribution in [2.75, 3.05) is 19.6 Å². The van der Waals surface area contributed by atoms with E-state index in [-0.39, 0.29) is 36.2 Å². The van der Waals surface area contributed by atoms with Crippen LogP contribution in [0.4, 0.5) is 0 Å². The van der Waals surface area contributed by atoms with E-state index in [9.17, 15) is 13.2 Å². The lowest BCUT2D eigenvalue weighted by Crippen LogP contribution is -2.33. The summed E-state index contributed by atoms with van der Waals surface area (Å²) < 4.78 is 27.0. The minimum atomic E-state index is -3.56. The number of benzene rings is 1. The standard InChI is InChI=1S/C15H23N3O3S.ClH/c16-8-10-17-15(19)7-9-18-22(20,21)14-6-5-12-3-1-2-4-13(12)11-14;/h5-6,11,18H,1-4,7-10,16H2,(H,17,19);1H. The monoisotopic (exact) mass is 361 g/mol. The van der Waals surface area contributed by atoms with Crippen molar-refractivity contribution in [3.8, 4) is 0 Å². The Morgan fingerprint density at radius 2 is 1.83 bits per heavy atom. The van der Waals surface area contributed by atoms with Crippen LogP contribution in [0.25, 0.3) is 0 Å². The number of sulfonamides is 1. The fourth-order valence-electron chi connectivity index (χ4n) is 2.56. The van der Waals surface area contributed by atoms with Crippen LogP contribution in [0.15, 0.2) is 23.1 Å². The molecule has 1 aromatic carbocycles. The van der Waals surface area contributed by atoms with Gasteiger partial charge in [0.1, 0.15) is 0 Å². The lowest BCUT2D eigenvalue weighted by Gasteiger charge is -2.16. The van der Waals surface area contributed by atoms with Crippen LogP contribution in [-0.2, 0) is 27.7 Å². The number of hydrogen-bond donors (Lipinski definition) is 3. The minimum Gasteiger partial charge on any atom is -0.355 e. The molecule has 23 heavy (non-hydrogen) atoms. The van der Waals surface area contributed by atoms with E-state index in [1.807, 2.05) is 6.07 Å². The molecule has 0 saturated heterocycles. The second kappa shape index (κ2) is 9.22. The quantitative estimate of drug-likeness (QED) is 0.666. The van der Waals surface area contributed by atoms with Gasteiger partial charge in [-0.2, -0.15) is 0 Å². The summed E-state index contributed by atoms with van der Waals surface area (Å²) in [5.74, 6) is -0.210. The maximum atomic E-state index is 12.3. The normalized spacial score (nSPS) is 13.8. The van der Waals surface area contributed by atoms with E-state index < -0.39 is 10.0 Å². The second-order valence-corrected chi connectivity index (χ2v) is 7.19. The molecule has 0 aromatic heterocycles. The van der Waals surface area contributed by atoms with Crippen molar-refractivity contribution in [1.82, 2.24) is 10.0 Å². The SMILES string of the molecule is Cl.NCCNC(=O)CCNS(=O)(=O)c1ccc2c(c1)CCCC2. The van der Waals surface area contributed by atoms with Crippen LogP contribution >= 0.6 is 12.4 Å². The molecule has 6 nitrogen and oxygen atoms in total. The lowest BCUT2D eigenvalue weighted by molar-refractivity contribution is -0.120. The van der Waals surface area contributed by atoms with Crippen LogP contribution < -0.4 is 15.8 Å². The summed E-state index contributed by atoms with van der Waals surface area (Å²) in [4.78, 5) is 11.7. The van der Waals surface area contributed by atoms with Gasteiger partial charge in [-0.1, -0.05) is 6.07 Å². The number of amides is 1. The zero-order valence-electron chi connectivity index (χ0n) is 13.0. The van der Waals surface area contributed by atoms with Crippen LogP contribution in [0.1, 0.15) is 30.4 Å². The molecule has 0 saturated carbocycles. The molecule has 0 heterocycles. The molecule has 1 aromatic rings. The number of hydrogen-bond acceptors (Lipinski definition) is 4. The third-order valence-electron chi connectivity index (χ3n) is 3.74. The average molecular weight is 362 g/mol. The van der Waals surface area contributed by atoms with Crippen molar-refractivity contribution >= 4 is 28.3 Å². The molecular formula is C15H24ClN3O3S. The first-order valence-electron chi connectivity index (χ1n) is 7.61. The van der Waals surface area contributed by atoms with Gasteiger partial charge in [-0.15, -0.1) is 12.4 Å². The molecule has 0 spiro atoms. The number of rotatable bonds is 7. The van der Waals surface area contributed by atoms with E-state index in [4.69, 9.17) is 5.73 Å². The van der Waals surface area contributed by atoms with Crippen LogP contribution in [0.2, 0.25) is 0 Å². The number of aryl methyl sites for hydroxylation is 2. The molecule has 0 atom stereocenters. The third kappa shape index (κ3) is 5.76. The van der Waals surface area contributed by atoms with Crippen molar-refractivity contribution in [1.29, 1.82) is 0 Å². The van der Waals surface area contributed by atoms with Crippen molar-refractivity contribution in [2.24, 2.45) is 5.73 Å². The number of carbonyl (C=O) groups excluding carboxylic acids is 1. The largest absolute Gasteiger partial charge is 0.355 e. The van der Waals surface area contributed by atoms with Crippen molar-refractivity contribution in [3.63, 3.8) is 0 Å². The summed E-state index contributed by atoms with van der Waals surface area (Å²) in [5.41, 5.74) is 7.64. The molecule has 0 radical (unpaired) electrons. The van der Waals surface area contributed by atoms with Gasteiger partial charge in [0.15, 0.2) is 0 Å².